The summed E-state index contributed by atoms with van der Waals surface area (Å²) >= 11 is 0. The van der Waals surface area contributed by atoms with Crippen molar-refractivity contribution in [3.8, 4) is 0 Å². The molecule has 11 heteroatoms. The monoisotopic (exact) mass is 431 g/mol. The van der Waals surface area contributed by atoms with Gasteiger partial charge in [-0.25, -0.2) is 0 Å². The second kappa shape index (κ2) is 10.4. The Morgan fingerprint density at radius 3 is 2.10 bits per heavy atom. The molecule has 30 heavy (non-hydrogen) atoms. The minimum absolute atomic E-state index is 0.305. The molecule has 0 saturated carbocycles. The minimum atomic E-state index is -1.68. The topological polar surface area (TPSA) is 181 Å². The van der Waals surface area contributed by atoms with Crippen molar-refractivity contribution in [1.29, 1.82) is 0 Å². The van der Waals surface area contributed by atoms with Gasteiger partial charge in [0.05, 0.1) is 19.3 Å². The Balaban J connectivity index is 1.71. The van der Waals surface area contributed by atoms with E-state index in [1.54, 1.807) is 0 Å². The minimum Gasteiger partial charge on any atom is -0.394 e. The van der Waals surface area contributed by atoms with Crippen LogP contribution in [-0.4, -0.2) is 110 Å². The van der Waals surface area contributed by atoms with Crippen LogP contribution in [0.4, 0.5) is 0 Å². The molecular weight excluding hydrogens is 402 g/mol. The lowest BCUT2D eigenvalue weighted by atomic mass is 9.95. The van der Waals surface area contributed by atoms with Gasteiger partial charge in [0.15, 0.2) is 12.6 Å². The summed E-state index contributed by atoms with van der Waals surface area (Å²) in [6.07, 6.45) is -12.9. The van der Waals surface area contributed by atoms with E-state index in [0.717, 1.165) is 5.56 Å². The van der Waals surface area contributed by atoms with Crippen molar-refractivity contribution >= 4 is 0 Å². The summed E-state index contributed by atoms with van der Waals surface area (Å²) in [5, 5.41) is 72.9. The highest BCUT2D eigenvalue weighted by atomic mass is 16.7. The number of hydrogen-bond acceptors (Lipinski definition) is 11. The molecule has 2 aliphatic heterocycles. The third-order valence-corrected chi connectivity index (χ3v) is 5.40. The maximum Gasteiger partial charge on any atom is 0.187 e. The molecule has 10 atom stereocenters. The molecule has 2 saturated heterocycles. The number of aliphatic hydroxyl groups excluding tert-OH is 7. The summed E-state index contributed by atoms with van der Waals surface area (Å²) in [5.74, 6) is 0. The highest BCUT2D eigenvalue weighted by molar-refractivity contribution is 5.14. The van der Waals surface area contributed by atoms with E-state index < -0.39 is 74.6 Å². The van der Waals surface area contributed by atoms with Crippen LogP contribution in [0.2, 0.25) is 0 Å². The van der Waals surface area contributed by atoms with Gasteiger partial charge in [-0.15, -0.1) is 0 Å². The van der Waals surface area contributed by atoms with E-state index in [1.165, 1.54) is 0 Å². The van der Waals surface area contributed by atoms with Crippen LogP contribution in [0.3, 0.4) is 0 Å². The first-order valence-electron chi connectivity index (χ1n) is 9.73. The van der Waals surface area contributed by atoms with Gasteiger partial charge in [0, 0.05) is 6.54 Å². The van der Waals surface area contributed by atoms with Crippen molar-refractivity contribution in [2.75, 3.05) is 13.2 Å². The summed E-state index contributed by atoms with van der Waals surface area (Å²) in [5.41, 5.74) is 0.896. The fourth-order valence-corrected chi connectivity index (χ4v) is 3.64. The normalized spacial score (nSPS) is 42.2. The van der Waals surface area contributed by atoms with E-state index in [2.05, 4.69) is 5.32 Å². The molecule has 11 nitrogen and oxygen atoms in total. The zero-order valence-electron chi connectivity index (χ0n) is 16.1. The van der Waals surface area contributed by atoms with Gasteiger partial charge in [-0.2, -0.15) is 0 Å². The summed E-state index contributed by atoms with van der Waals surface area (Å²) in [4.78, 5) is 0. The van der Waals surface area contributed by atoms with Crippen LogP contribution in [0.5, 0.6) is 0 Å². The molecule has 3 rings (SSSR count). The number of rotatable bonds is 7. The third-order valence-electron chi connectivity index (χ3n) is 5.40. The largest absolute Gasteiger partial charge is 0.394 e. The standard InChI is InChI=1S/C19H29NO10/c21-7-10-13(23)15(25)16(26)19(29-10)30-17-11(8-22)28-18(27)12(14(17)24)20-6-9-4-2-1-3-5-9/h1-5,10-27H,6-8H2/t10?,11?,12-,13+,14?,15?,16-,17+,18-,19+/m1/s1. The first-order chi connectivity index (χ1) is 14.4. The van der Waals surface area contributed by atoms with E-state index in [9.17, 15) is 35.7 Å². The van der Waals surface area contributed by atoms with Crippen LogP contribution < -0.4 is 5.32 Å². The van der Waals surface area contributed by atoms with Gasteiger partial charge in [-0.3, -0.25) is 0 Å². The Labute approximate surface area is 173 Å². The van der Waals surface area contributed by atoms with Crippen molar-refractivity contribution in [3.05, 3.63) is 35.9 Å². The van der Waals surface area contributed by atoms with E-state index in [4.69, 9.17) is 14.2 Å². The van der Waals surface area contributed by atoms with Crippen LogP contribution in [-0.2, 0) is 20.8 Å². The van der Waals surface area contributed by atoms with Gasteiger partial charge >= 0.3 is 0 Å². The zero-order chi connectivity index (χ0) is 21.8. The van der Waals surface area contributed by atoms with Crippen LogP contribution in [0.1, 0.15) is 5.56 Å². The molecule has 0 amide bonds. The van der Waals surface area contributed by atoms with Gasteiger partial charge in [0.25, 0.3) is 0 Å². The molecule has 2 fully saturated rings. The van der Waals surface area contributed by atoms with Gasteiger partial charge in [0.1, 0.15) is 42.7 Å². The molecule has 0 spiro atoms. The van der Waals surface area contributed by atoms with Crippen molar-refractivity contribution in [2.45, 2.75) is 67.9 Å². The summed E-state index contributed by atoms with van der Waals surface area (Å²) in [7, 11) is 0. The second-order valence-corrected chi connectivity index (χ2v) is 7.43. The zero-order valence-corrected chi connectivity index (χ0v) is 16.1. The lowest BCUT2D eigenvalue weighted by Crippen LogP contribution is -2.66. The molecule has 170 valence electrons. The lowest BCUT2D eigenvalue weighted by Gasteiger charge is -2.46. The van der Waals surface area contributed by atoms with Crippen LogP contribution in [0.25, 0.3) is 0 Å². The number of nitrogens with one attached hydrogen (secondary N) is 1. The predicted octanol–water partition coefficient (Wildman–Crippen LogP) is -3.60. The molecule has 8 N–H and O–H groups in total. The molecule has 2 aliphatic rings. The maximum atomic E-state index is 10.8. The summed E-state index contributed by atoms with van der Waals surface area (Å²) < 4.78 is 16.3. The molecule has 0 aromatic heterocycles. The molecule has 0 aliphatic carbocycles. The number of hydrogen-bond donors (Lipinski definition) is 8. The van der Waals surface area contributed by atoms with Gasteiger partial charge in [-0.1, -0.05) is 30.3 Å². The fraction of sp³-hybridized carbons (Fsp3) is 0.684. The van der Waals surface area contributed by atoms with Gasteiger partial charge < -0.3 is 55.3 Å². The Morgan fingerprint density at radius 1 is 0.800 bits per heavy atom. The lowest BCUT2D eigenvalue weighted by molar-refractivity contribution is -0.345. The molecule has 1 aromatic rings. The van der Waals surface area contributed by atoms with Crippen LogP contribution in [0, 0.1) is 0 Å². The van der Waals surface area contributed by atoms with Gasteiger partial charge in [-0.05, 0) is 5.56 Å². The quantitative estimate of drug-likeness (QED) is 0.214. The Hall–Kier alpha value is -1.22. The van der Waals surface area contributed by atoms with Crippen molar-refractivity contribution < 1.29 is 50.0 Å². The van der Waals surface area contributed by atoms with Crippen LogP contribution >= 0.6 is 0 Å². The smallest absolute Gasteiger partial charge is 0.187 e. The summed E-state index contributed by atoms with van der Waals surface area (Å²) in [6, 6.07) is 8.25. The van der Waals surface area contributed by atoms with Gasteiger partial charge in [0.2, 0.25) is 0 Å². The fourth-order valence-electron chi connectivity index (χ4n) is 3.64. The number of benzene rings is 1. The highest BCUT2D eigenvalue weighted by Crippen LogP contribution is 2.28. The molecule has 4 unspecified atom stereocenters. The highest BCUT2D eigenvalue weighted by Gasteiger charge is 2.50. The SMILES string of the molecule is OCC1O[C@@H](O[C@H]2C(CO)O[C@@H](O)[C@H](NCc3ccccc3)C2O)[C@H](O)C(O)[C@H]1O. The average molecular weight is 431 g/mol. The van der Waals surface area contributed by atoms with Crippen molar-refractivity contribution in [2.24, 2.45) is 0 Å². The van der Waals surface area contributed by atoms with E-state index in [1.807, 2.05) is 30.3 Å². The van der Waals surface area contributed by atoms with Crippen LogP contribution in [0.15, 0.2) is 30.3 Å². The molecule has 0 radical (unpaired) electrons. The van der Waals surface area contributed by atoms with E-state index in [0.29, 0.717) is 6.54 Å². The number of aliphatic hydroxyl groups is 7. The Morgan fingerprint density at radius 2 is 1.47 bits per heavy atom. The number of ether oxygens (including phenoxy) is 3. The molecule has 0 bridgehead atoms. The van der Waals surface area contributed by atoms with Crippen molar-refractivity contribution in [1.82, 2.24) is 5.32 Å². The van der Waals surface area contributed by atoms with E-state index >= 15 is 0 Å². The molecular formula is C19H29NO10. The first kappa shape index (κ1) is 23.4. The Kier molecular flexibility index (Phi) is 8.12. The van der Waals surface area contributed by atoms with E-state index in [-0.39, 0.29) is 0 Å². The first-order valence-corrected chi connectivity index (χ1v) is 9.73. The molecule has 2 heterocycles. The predicted molar refractivity (Wildman–Crippen MR) is 99.7 cm³/mol. The Bertz CT molecular complexity index is 649. The maximum absolute atomic E-state index is 10.8. The second-order valence-electron chi connectivity index (χ2n) is 7.43. The van der Waals surface area contributed by atoms with Crippen molar-refractivity contribution in [3.63, 3.8) is 0 Å². The molecule has 1 aromatic carbocycles. The average Bonchev–Trinajstić information content (AvgIpc) is 2.76. The summed E-state index contributed by atoms with van der Waals surface area (Å²) in [6.45, 7) is -0.945. The third kappa shape index (κ3) is 4.98.